The topological polar surface area (TPSA) is 102 Å². The van der Waals surface area contributed by atoms with E-state index in [1.807, 2.05) is 25.1 Å². The number of hydrogen-bond acceptors (Lipinski definition) is 8. The van der Waals surface area contributed by atoms with Gasteiger partial charge in [0.2, 0.25) is 11.8 Å². The number of rotatable bonds is 11. The molecule has 2 aromatic heterocycles. The molecule has 240 valence electrons. The van der Waals surface area contributed by atoms with E-state index in [1.54, 1.807) is 37.6 Å². The number of likely N-dealkylation sites (tertiary alicyclic amines) is 1. The van der Waals surface area contributed by atoms with E-state index in [2.05, 4.69) is 36.6 Å². The smallest absolute Gasteiger partial charge is 0.255 e. The molecular formula is C36H41FN6O3. The summed E-state index contributed by atoms with van der Waals surface area (Å²) in [7, 11) is 1.60. The lowest BCUT2D eigenvalue weighted by atomic mass is 9.84. The van der Waals surface area contributed by atoms with Crippen LogP contribution in [0.3, 0.4) is 0 Å². The third-order valence-corrected chi connectivity index (χ3v) is 8.89. The number of carbonyl (C=O) groups is 1. The molecule has 2 aliphatic rings. The molecule has 1 saturated carbocycles. The first-order chi connectivity index (χ1) is 22.5. The van der Waals surface area contributed by atoms with Gasteiger partial charge in [-0.3, -0.25) is 4.79 Å². The zero-order valence-corrected chi connectivity index (χ0v) is 26.5. The van der Waals surface area contributed by atoms with Crippen molar-refractivity contribution in [1.29, 1.82) is 0 Å². The minimum absolute atomic E-state index is 0.0817. The van der Waals surface area contributed by atoms with E-state index in [0.29, 0.717) is 46.7 Å². The molecular weight excluding hydrogens is 583 g/mol. The molecule has 1 aliphatic heterocycles. The van der Waals surface area contributed by atoms with E-state index in [0.717, 1.165) is 44.2 Å². The van der Waals surface area contributed by atoms with Crippen molar-refractivity contribution >= 4 is 17.5 Å². The van der Waals surface area contributed by atoms with Crippen LogP contribution in [0.2, 0.25) is 0 Å². The summed E-state index contributed by atoms with van der Waals surface area (Å²) in [6.45, 7) is 5.60. The zero-order valence-electron chi connectivity index (χ0n) is 26.5. The number of hydrogen-bond donors (Lipinski definition) is 2. The average molecular weight is 625 g/mol. The first kappa shape index (κ1) is 31.4. The molecule has 2 fully saturated rings. The Bertz CT molecular complexity index is 1670. The fourth-order valence-corrected chi connectivity index (χ4v) is 6.29. The molecule has 0 unspecified atom stereocenters. The maximum Gasteiger partial charge on any atom is 0.255 e. The maximum atomic E-state index is 15.1. The Labute approximate surface area is 269 Å². The fourth-order valence-electron chi connectivity index (χ4n) is 6.29. The second-order valence-electron chi connectivity index (χ2n) is 12.1. The van der Waals surface area contributed by atoms with E-state index < -0.39 is 5.82 Å². The molecule has 1 amide bonds. The summed E-state index contributed by atoms with van der Waals surface area (Å²) in [5, 5.41) is 6.25. The SMILES string of the molecule is COc1ccc(C2CCCCC2)cc1NC(=O)c1ccc(C)c(Oc2ncccc2-c2nc(NCCN3CCCC3)ncc2F)c1. The van der Waals surface area contributed by atoms with Crippen LogP contribution < -0.4 is 20.1 Å². The number of ether oxygens (including phenoxy) is 2. The van der Waals surface area contributed by atoms with Crippen LogP contribution in [0.5, 0.6) is 17.4 Å². The molecule has 9 nitrogen and oxygen atoms in total. The van der Waals surface area contributed by atoms with Crippen molar-refractivity contribution in [2.45, 2.75) is 57.8 Å². The van der Waals surface area contributed by atoms with Crippen LogP contribution in [0.15, 0.2) is 60.9 Å². The van der Waals surface area contributed by atoms with Gasteiger partial charge in [-0.25, -0.2) is 19.3 Å². The Morgan fingerprint density at radius 3 is 2.63 bits per heavy atom. The quantitative estimate of drug-likeness (QED) is 0.176. The summed E-state index contributed by atoms with van der Waals surface area (Å²) in [6, 6.07) is 14.7. The van der Waals surface area contributed by atoms with Gasteiger partial charge < -0.3 is 25.0 Å². The Balaban J connectivity index is 1.20. The zero-order chi connectivity index (χ0) is 31.9. The van der Waals surface area contributed by atoms with Gasteiger partial charge in [-0.05, 0) is 99.1 Å². The van der Waals surface area contributed by atoms with Crippen molar-refractivity contribution in [2.24, 2.45) is 0 Å². The predicted molar refractivity (Wildman–Crippen MR) is 177 cm³/mol. The number of pyridine rings is 1. The lowest BCUT2D eigenvalue weighted by Crippen LogP contribution is -2.26. The standard InChI is InChI=1S/C36H41FN6O3/c1-24-12-13-27(34(44)41-30-21-26(14-15-31(30)45-2)25-9-4-3-5-10-25)22-32(24)46-35-28(11-8-16-38-35)33-29(37)23-40-36(42-33)39-17-20-43-18-6-7-19-43/h8,11-16,21-23,25H,3-7,9-10,17-20H2,1-2H3,(H,41,44)(H,39,40,42). The van der Waals surface area contributed by atoms with Crippen LogP contribution >= 0.6 is 0 Å². The molecule has 0 bridgehead atoms. The monoisotopic (exact) mass is 624 g/mol. The van der Waals surface area contributed by atoms with E-state index in [9.17, 15) is 4.79 Å². The summed E-state index contributed by atoms with van der Waals surface area (Å²) in [5.74, 6) is 1.15. The predicted octanol–water partition coefficient (Wildman–Crippen LogP) is 7.59. The van der Waals surface area contributed by atoms with Crippen LogP contribution in [0.4, 0.5) is 16.0 Å². The summed E-state index contributed by atoms with van der Waals surface area (Å²) in [4.78, 5) is 28.9. The number of aromatic nitrogens is 3. The van der Waals surface area contributed by atoms with Gasteiger partial charge in [0, 0.05) is 24.8 Å². The van der Waals surface area contributed by atoms with Crippen molar-refractivity contribution in [1.82, 2.24) is 19.9 Å². The van der Waals surface area contributed by atoms with Crippen molar-refractivity contribution < 1.29 is 18.7 Å². The minimum Gasteiger partial charge on any atom is -0.495 e. The van der Waals surface area contributed by atoms with Gasteiger partial charge in [0.1, 0.15) is 17.2 Å². The highest BCUT2D eigenvalue weighted by Crippen LogP contribution is 2.37. The number of amides is 1. The van der Waals surface area contributed by atoms with Crippen LogP contribution in [0.25, 0.3) is 11.3 Å². The molecule has 0 radical (unpaired) electrons. The lowest BCUT2D eigenvalue weighted by Gasteiger charge is -2.23. The third-order valence-electron chi connectivity index (χ3n) is 8.89. The van der Waals surface area contributed by atoms with Crippen molar-refractivity contribution in [3.63, 3.8) is 0 Å². The van der Waals surface area contributed by atoms with Crippen LogP contribution in [0.1, 0.15) is 72.3 Å². The van der Waals surface area contributed by atoms with Gasteiger partial charge in [0.15, 0.2) is 5.82 Å². The highest BCUT2D eigenvalue weighted by Gasteiger charge is 2.20. The van der Waals surface area contributed by atoms with Crippen LogP contribution in [-0.2, 0) is 0 Å². The largest absolute Gasteiger partial charge is 0.495 e. The van der Waals surface area contributed by atoms with Gasteiger partial charge in [-0.1, -0.05) is 31.4 Å². The Kier molecular flexibility index (Phi) is 10.0. The molecule has 3 heterocycles. The van der Waals surface area contributed by atoms with Gasteiger partial charge in [0.05, 0.1) is 24.6 Å². The van der Waals surface area contributed by atoms with Gasteiger partial charge in [-0.2, -0.15) is 0 Å². The van der Waals surface area contributed by atoms with E-state index >= 15 is 4.39 Å². The van der Waals surface area contributed by atoms with Crippen molar-refractivity contribution in [3.8, 4) is 28.6 Å². The third kappa shape index (κ3) is 7.45. The van der Waals surface area contributed by atoms with Crippen LogP contribution in [-0.4, -0.2) is 59.0 Å². The highest BCUT2D eigenvalue weighted by atomic mass is 19.1. The summed E-state index contributed by atoms with van der Waals surface area (Å²) < 4.78 is 26.9. The van der Waals surface area contributed by atoms with E-state index in [1.165, 1.54) is 37.7 Å². The Morgan fingerprint density at radius 1 is 1.00 bits per heavy atom. The molecule has 6 rings (SSSR count). The number of aryl methyl sites for hydroxylation is 1. The van der Waals surface area contributed by atoms with Crippen molar-refractivity contribution in [2.75, 3.05) is 43.9 Å². The highest BCUT2D eigenvalue weighted by molar-refractivity contribution is 6.05. The van der Waals surface area contributed by atoms with Gasteiger partial charge in [-0.15, -0.1) is 0 Å². The average Bonchev–Trinajstić information content (AvgIpc) is 3.61. The molecule has 0 atom stereocenters. The number of nitrogens with zero attached hydrogens (tertiary/aromatic N) is 4. The Morgan fingerprint density at radius 2 is 1.83 bits per heavy atom. The molecule has 1 saturated heterocycles. The van der Waals surface area contributed by atoms with Crippen LogP contribution in [0, 0.1) is 12.7 Å². The number of methoxy groups -OCH3 is 1. The maximum absolute atomic E-state index is 15.1. The fraction of sp³-hybridized carbons (Fsp3) is 0.389. The van der Waals surface area contributed by atoms with E-state index in [4.69, 9.17) is 9.47 Å². The first-order valence-electron chi connectivity index (χ1n) is 16.2. The van der Waals surface area contributed by atoms with Gasteiger partial charge in [0.25, 0.3) is 5.91 Å². The van der Waals surface area contributed by atoms with Gasteiger partial charge >= 0.3 is 0 Å². The molecule has 2 N–H and O–H groups in total. The second kappa shape index (κ2) is 14.7. The Hall–Kier alpha value is -4.57. The molecule has 46 heavy (non-hydrogen) atoms. The number of nitrogens with one attached hydrogen (secondary N) is 2. The number of anilines is 2. The molecule has 10 heteroatoms. The second-order valence-corrected chi connectivity index (χ2v) is 12.1. The number of benzene rings is 2. The lowest BCUT2D eigenvalue weighted by molar-refractivity contribution is 0.102. The number of carbonyl (C=O) groups excluding carboxylic acids is 1. The first-order valence-corrected chi connectivity index (χ1v) is 16.2. The summed E-state index contributed by atoms with van der Waals surface area (Å²) >= 11 is 0. The minimum atomic E-state index is -0.586. The molecule has 4 aromatic rings. The molecule has 0 spiro atoms. The molecule has 2 aromatic carbocycles. The normalized spacial score (nSPS) is 15.5. The summed E-state index contributed by atoms with van der Waals surface area (Å²) in [6.07, 6.45) is 11.2. The summed E-state index contributed by atoms with van der Waals surface area (Å²) in [5.41, 5.74) is 3.50. The van der Waals surface area contributed by atoms with E-state index in [-0.39, 0.29) is 17.5 Å². The number of halogens is 1. The van der Waals surface area contributed by atoms with Crippen molar-refractivity contribution in [3.05, 3.63) is 83.4 Å². The molecule has 1 aliphatic carbocycles.